The molecule has 2 unspecified atom stereocenters. The average Bonchev–Trinajstić information content (AvgIpc) is 3.02. The molecule has 3 N–H and O–H groups in total. The Morgan fingerprint density at radius 2 is 2.12 bits per heavy atom. The van der Waals surface area contributed by atoms with Crippen molar-refractivity contribution in [3.05, 3.63) is 24.3 Å². The lowest BCUT2D eigenvalue weighted by Gasteiger charge is -2.28. The maximum Gasteiger partial charge on any atom is 0.321 e. The van der Waals surface area contributed by atoms with Crippen LogP contribution in [0.3, 0.4) is 0 Å². The number of hydrogen-bond donors (Lipinski definition) is 3. The van der Waals surface area contributed by atoms with E-state index in [-0.39, 0.29) is 11.9 Å². The van der Waals surface area contributed by atoms with Crippen LogP contribution in [0.15, 0.2) is 24.3 Å². The number of benzene rings is 1. The number of carbonyl (C=O) groups is 2. The zero-order valence-corrected chi connectivity index (χ0v) is 14.2. The Morgan fingerprint density at radius 3 is 2.75 bits per heavy atom. The number of urea groups is 1. The van der Waals surface area contributed by atoms with Crippen LogP contribution < -0.4 is 20.9 Å². The zero-order chi connectivity index (χ0) is 16.9. The summed E-state index contributed by atoms with van der Waals surface area (Å²) in [5.41, 5.74) is 1.63. The highest BCUT2D eigenvalue weighted by molar-refractivity contribution is 5.95. The Labute approximate surface area is 143 Å². The molecule has 1 aromatic rings. The van der Waals surface area contributed by atoms with Crippen molar-refractivity contribution in [3.8, 4) is 0 Å². The molecule has 0 saturated carbocycles. The van der Waals surface area contributed by atoms with E-state index in [9.17, 15) is 9.59 Å². The van der Waals surface area contributed by atoms with Crippen molar-refractivity contribution in [2.75, 3.05) is 36.4 Å². The van der Waals surface area contributed by atoms with Crippen LogP contribution in [0, 0.1) is 11.8 Å². The molecule has 3 rings (SSSR count). The highest BCUT2D eigenvalue weighted by Crippen LogP contribution is 2.24. The van der Waals surface area contributed by atoms with Crippen LogP contribution in [0.5, 0.6) is 0 Å². The monoisotopic (exact) mass is 330 g/mol. The highest BCUT2D eigenvalue weighted by atomic mass is 16.2. The topological polar surface area (TPSA) is 73.5 Å². The molecular weight excluding hydrogens is 304 g/mol. The molecule has 3 amide bonds. The molecule has 0 bridgehead atoms. The molecule has 2 aliphatic heterocycles. The molecule has 2 heterocycles. The van der Waals surface area contributed by atoms with Crippen LogP contribution in [0.2, 0.25) is 0 Å². The standard InChI is InChI=1S/C18H26N4O2/c1-13(14-3-2-8-19-12-14)11-17(23)21-15-4-6-16(7-5-15)22-10-9-20-18(22)24/h4-7,13-14,19H,2-3,8-12H2,1H3,(H,20,24)(H,21,23). The number of anilines is 2. The molecule has 0 aromatic heterocycles. The Kier molecular flexibility index (Phi) is 5.35. The molecular formula is C18H26N4O2. The zero-order valence-electron chi connectivity index (χ0n) is 14.2. The molecule has 130 valence electrons. The lowest BCUT2D eigenvalue weighted by Crippen LogP contribution is -2.34. The van der Waals surface area contributed by atoms with Gasteiger partial charge in [-0.25, -0.2) is 4.79 Å². The first-order chi connectivity index (χ1) is 11.6. The van der Waals surface area contributed by atoms with Gasteiger partial charge in [-0.3, -0.25) is 9.69 Å². The summed E-state index contributed by atoms with van der Waals surface area (Å²) in [6, 6.07) is 7.38. The van der Waals surface area contributed by atoms with Crippen LogP contribution in [-0.4, -0.2) is 38.1 Å². The van der Waals surface area contributed by atoms with Crippen molar-refractivity contribution in [1.82, 2.24) is 10.6 Å². The second kappa shape index (κ2) is 7.66. The van der Waals surface area contributed by atoms with Crippen molar-refractivity contribution in [1.29, 1.82) is 0 Å². The number of nitrogens with zero attached hydrogens (tertiary/aromatic N) is 1. The largest absolute Gasteiger partial charge is 0.336 e. The van der Waals surface area contributed by atoms with E-state index in [0.29, 0.717) is 31.3 Å². The highest BCUT2D eigenvalue weighted by Gasteiger charge is 2.23. The van der Waals surface area contributed by atoms with E-state index < -0.39 is 0 Å². The van der Waals surface area contributed by atoms with Gasteiger partial charge in [-0.2, -0.15) is 0 Å². The third kappa shape index (κ3) is 4.06. The van der Waals surface area contributed by atoms with E-state index in [1.165, 1.54) is 12.8 Å². The number of piperidine rings is 1. The normalized spacial score (nSPS) is 22.1. The lowest BCUT2D eigenvalue weighted by atomic mass is 9.85. The second-order valence-corrected chi connectivity index (χ2v) is 6.77. The average molecular weight is 330 g/mol. The molecule has 1 aromatic carbocycles. The minimum absolute atomic E-state index is 0.0553. The van der Waals surface area contributed by atoms with E-state index in [1.54, 1.807) is 4.90 Å². The molecule has 24 heavy (non-hydrogen) atoms. The smallest absolute Gasteiger partial charge is 0.321 e. The molecule has 0 spiro atoms. The Hall–Kier alpha value is -2.08. The summed E-state index contributed by atoms with van der Waals surface area (Å²) in [5.74, 6) is 1.02. The van der Waals surface area contributed by atoms with Gasteiger partial charge in [0.1, 0.15) is 0 Å². The number of carbonyl (C=O) groups excluding carboxylic acids is 2. The summed E-state index contributed by atoms with van der Waals surface area (Å²) in [5, 5.41) is 9.15. The number of amides is 3. The minimum Gasteiger partial charge on any atom is -0.336 e. The summed E-state index contributed by atoms with van der Waals surface area (Å²) in [6.07, 6.45) is 2.94. The quantitative estimate of drug-likeness (QED) is 0.775. The fourth-order valence-corrected chi connectivity index (χ4v) is 3.48. The van der Waals surface area contributed by atoms with Crippen molar-refractivity contribution in [2.45, 2.75) is 26.2 Å². The van der Waals surface area contributed by atoms with Gasteiger partial charge in [0.2, 0.25) is 5.91 Å². The molecule has 2 atom stereocenters. The maximum atomic E-state index is 12.3. The van der Waals surface area contributed by atoms with Gasteiger partial charge < -0.3 is 16.0 Å². The number of nitrogens with one attached hydrogen (secondary N) is 3. The van der Waals surface area contributed by atoms with E-state index in [4.69, 9.17) is 0 Å². The summed E-state index contributed by atoms with van der Waals surface area (Å²) < 4.78 is 0. The molecule has 6 heteroatoms. The molecule has 0 radical (unpaired) electrons. The van der Waals surface area contributed by atoms with E-state index in [2.05, 4.69) is 22.9 Å². The minimum atomic E-state index is -0.0679. The summed E-state index contributed by atoms with van der Waals surface area (Å²) in [6.45, 7) is 5.62. The van der Waals surface area contributed by atoms with Crippen molar-refractivity contribution in [3.63, 3.8) is 0 Å². The van der Waals surface area contributed by atoms with Crippen LogP contribution >= 0.6 is 0 Å². The van der Waals surface area contributed by atoms with Gasteiger partial charge in [-0.15, -0.1) is 0 Å². The predicted molar refractivity (Wildman–Crippen MR) is 95.2 cm³/mol. The third-order valence-electron chi connectivity index (χ3n) is 4.97. The first-order valence-electron chi connectivity index (χ1n) is 8.79. The fourth-order valence-electron chi connectivity index (χ4n) is 3.48. The van der Waals surface area contributed by atoms with E-state index in [0.717, 1.165) is 24.5 Å². The third-order valence-corrected chi connectivity index (χ3v) is 4.97. The molecule has 2 fully saturated rings. The fraction of sp³-hybridized carbons (Fsp3) is 0.556. The van der Waals surface area contributed by atoms with Gasteiger partial charge in [-0.05, 0) is 62.0 Å². The summed E-state index contributed by atoms with van der Waals surface area (Å²) in [4.78, 5) is 25.6. The Morgan fingerprint density at radius 1 is 1.33 bits per heavy atom. The lowest BCUT2D eigenvalue weighted by molar-refractivity contribution is -0.117. The number of hydrogen-bond acceptors (Lipinski definition) is 3. The molecule has 0 aliphatic carbocycles. The van der Waals surface area contributed by atoms with Crippen molar-refractivity contribution >= 4 is 23.3 Å². The first-order valence-corrected chi connectivity index (χ1v) is 8.79. The second-order valence-electron chi connectivity index (χ2n) is 6.77. The summed E-state index contributed by atoms with van der Waals surface area (Å²) in [7, 11) is 0. The van der Waals surface area contributed by atoms with Gasteiger partial charge in [0, 0.05) is 30.9 Å². The first kappa shape index (κ1) is 16.8. The SMILES string of the molecule is CC(CC(=O)Nc1ccc(N2CCNC2=O)cc1)C1CCCNC1. The van der Waals surface area contributed by atoms with Gasteiger partial charge in [0.25, 0.3) is 0 Å². The molecule has 6 nitrogen and oxygen atoms in total. The predicted octanol–water partition coefficient (Wildman–Crippen LogP) is 2.18. The van der Waals surface area contributed by atoms with Crippen LogP contribution in [0.4, 0.5) is 16.2 Å². The van der Waals surface area contributed by atoms with Crippen LogP contribution in [0.25, 0.3) is 0 Å². The van der Waals surface area contributed by atoms with Crippen LogP contribution in [-0.2, 0) is 4.79 Å². The van der Waals surface area contributed by atoms with Gasteiger partial charge in [-0.1, -0.05) is 6.92 Å². The van der Waals surface area contributed by atoms with Crippen LogP contribution in [0.1, 0.15) is 26.2 Å². The molecule has 2 aliphatic rings. The van der Waals surface area contributed by atoms with E-state index >= 15 is 0 Å². The van der Waals surface area contributed by atoms with Crippen molar-refractivity contribution < 1.29 is 9.59 Å². The number of rotatable bonds is 5. The van der Waals surface area contributed by atoms with Gasteiger partial charge >= 0.3 is 6.03 Å². The van der Waals surface area contributed by atoms with E-state index in [1.807, 2.05) is 24.3 Å². The molecule has 2 saturated heterocycles. The Bertz CT molecular complexity index is 581. The Balaban J connectivity index is 1.51. The summed E-state index contributed by atoms with van der Waals surface area (Å²) >= 11 is 0. The van der Waals surface area contributed by atoms with Crippen molar-refractivity contribution in [2.24, 2.45) is 11.8 Å². The maximum absolute atomic E-state index is 12.3. The van der Waals surface area contributed by atoms with Gasteiger partial charge in [0.05, 0.1) is 0 Å². The van der Waals surface area contributed by atoms with Gasteiger partial charge in [0.15, 0.2) is 0 Å².